The highest BCUT2D eigenvalue weighted by molar-refractivity contribution is 5.97. The Morgan fingerprint density at radius 1 is 1.06 bits per heavy atom. The Labute approximate surface area is 183 Å². The lowest BCUT2D eigenvalue weighted by Gasteiger charge is -2.35. The summed E-state index contributed by atoms with van der Waals surface area (Å²) in [5.41, 5.74) is 2.41. The molecule has 0 aliphatic carbocycles. The number of amides is 1. The fraction of sp³-hybridized carbons (Fsp3) is 0.440. The molecule has 0 radical (unpaired) electrons. The molecular weight excluding hydrogens is 392 g/mol. The summed E-state index contributed by atoms with van der Waals surface area (Å²) in [6.45, 7) is 8.84. The van der Waals surface area contributed by atoms with E-state index in [1.165, 1.54) is 5.56 Å². The molecule has 31 heavy (non-hydrogen) atoms. The molecule has 164 valence electrons. The number of rotatable bonds is 5. The fourth-order valence-electron chi connectivity index (χ4n) is 4.56. The number of morpholine rings is 1. The van der Waals surface area contributed by atoms with Gasteiger partial charge in [0.25, 0.3) is 5.91 Å². The summed E-state index contributed by atoms with van der Waals surface area (Å²) in [7, 11) is 0. The molecule has 0 spiro atoms. The minimum absolute atomic E-state index is 0.208. The second-order valence-electron chi connectivity index (χ2n) is 8.86. The van der Waals surface area contributed by atoms with Crippen molar-refractivity contribution in [2.75, 3.05) is 13.1 Å². The minimum atomic E-state index is -1.21. The van der Waals surface area contributed by atoms with Gasteiger partial charge in [0.05, 0.1) is 17.8 Å². The van der Waals surface area contributed by atoms with E-state index in [0.717, 1.165) is 30.8 Å². The van der Waals surface area contributed by atoms with E-state index in [1.807, 2.05) is 30.3 Å². The van der Waals surface area contributed by atoms with Crippen LogP contribution in [0.25, 0.3) is 0 Å². The number of hydrogen-bond donors (Lipinski definition) is 1. The third-order valence-corrected chi connectivity index (χ3v) is 6.01. The molecule has 6 nitrogen and oxygen atoms in total. The van der Waals surface area contributed by atoms with E-state index < -0.39 is 11.6 Å². The number of nitrogens with one attached hydrogen (secondary N) is 1. The van der Waals surface area contributed by atoms with Crippen LogP contribution in [-0.2, 0) is 33.8 Å². The van der Waals surface area contributed by atoms with Gasteiger partial charge >= 0.3 is 5.97 Å². The smallest absolute Gasteiger partial charge is 0.339 e. The monoisotopic (exact) mass is 422 g/mol. The molecule has 4 rings (SSSR count). The molecule has 1 saturated heterocycles. The first-order chi connectivity index (χ1) is 14.8. The quantitative estimate of drug-likeness (QED) is 0.750. The number of fused-ring (bicyclic) bond motifs is 1. The van der Waals surface area contributed by atoms with Gasteiger partial charge in [-0.2, -0.15) is 0 Å². The molecule has 1 fully saturated rings. The normalized spacial score (nSPS) is 26.1. The van der Waals surface area contributed by atoms with Gasteiger partial charge in [-0.15, -0.1) is 0 Å². The minimum Gasteiger partial charge on any atom is -0.445 e. The largest absolute Gasteiger partial charge is 0.445 e. The molecule has 6 heteroatoms. The van der Waals surface area contributed by atoms with Gasteiger partial charge in [-0.3, -0.25) is 9.69 Å². The number of benzene rings is 2. The van der Waals surface area contributed by atoms with E-state index in [1.54, 1.807) is 19.1 Å². The third kappa shape index (κ3) is 4.81. The maximum atomic E-state index is 13.0. The van der Waals surface area contributed by atoms with E-state index in [2.05, 4.69) is 30.1 Å². The summed E-state index contributed by atoms with van der Waals surface area (Å²) < 4.78 is 11.4. The van der Waals surface area contributed by atoms with Gasteiger partial charge in [0.15, 0.2) is 5.60 Å². The van der Waals surface area contributed by atoms with Crippen LogP contribution in [0.15, 0.2) is 48.5 Å². The number of carbonyl (C=O) groups is 2. The number of cyclic esters (lactones) is 1. The first-order valence-electron chi connectivity index (χ1n) is 10.9. The average Bonchev–Trinajstić information content (AvgIpc) is 2.72. The molecule has 2 aromatic rings. The van der Waals surface area contributed by atoms with Crippen molar-refractivity contribution in [1.29, 1.82) is 0 Å². The molecule has 1 amide bonds. The van der Waals surface area contributed by atoms with Crippen LogP contribution in [0.4, 0.5) is 0 Å². The molecule has 2 aliphatic rings. The van der Waals surface area contributed by atoms with E-state index in [0.29, 0.717) is 18.5 Å². The zero-order chi connectivity index (χ0) is 22.0. The lowest BCUT2D eigenvalue weighted by atomic mass is 9.89. The van der Waals surface area contributed by atoms with Crippen LogP contribution < -0.4 is 5.32 Å². The van der Waals surface area contributed by atoms with Crippen LogP contribution in [0.2, 0.25) is 0 Å². The predicted octanol–water partition coefficient (Wildman–Crippen LogP) is 3.08. The van der Waals surface area contributed by atoms with Crippen LogP contribution in [0.1, 0.15) is 47.8 Å². The Kier molecular flexibility index (Phi) is 6.12. The summed E-state index contributed by atoms with van der Waals surface area (Å²) in [5.74, 6) is -0.728. The first-order valence-corrected chi connectivity index (χ1v) is 10.9. The summed E-state index contributed by atoms with van der Waals surface area (Å²) in [6, 6.07) is 15.4. The SMILES string of the molecule is CC1CN(Cc2ccccc2CNC(=O)C2(C)Cc3ccccc3C(=O)O2)CC(C)O1. The second kappa shape index (κ2) is 8.81. The van der Waals surface area contributed by atoms with Gasteiger partial charge in [0, 0.05) is 32.6 Å². The highest BCUT2D eigenvalue weighted by atomic mass is 16.6. The molecule has 3 atom stereocenters. The standard InChI is InChI=1S/C25H30N2O4/c1-17-14-27(15-18(2)30-17)16-21-10-5-4-9-20(21)13-26-24(29)25(3)12-19-8-6-7-11-22(19)23(28)31-25/h4-11,17-18H,12-16H2,1-3H3,(H,26,29). The Morgan fingerprint density at radius 2 is 1.71 bits per heavy atom. The lowest BCUT2D eigenvalue weighted by Crippen LogP contribution is -2.51. The van der Waals surface area contributed by atoms with Gasteiger partial charge in [-0.05, 0) is 43.5 Å². The average molecular weight is 423 g/mol. The summed E-state index contributed by atoms with van der Waals surface area (Å²) in [6.07, 6.45) is 0.783. The molecule has 0 saturated carbocycles. The number of ether oxygens (including phenoxy) is 2. The number of nitrogens with zero attached hydrogens (tertiary/aromatic N) is 1. The molecule has 0 bridgehead atoms. The molecule has 2 aliphatic heterocycles. The molecule has 3 unspecified atom stereocenters. The van der Waals surface area contributed by atoms with Gasteiger partial charge in [-0.1, -0.05) is 42.5 Å². The van der Waals surface area contributed by atoms with E-state index >= 15 is 0 Å². The van der Waals surface area contributed by atoms with Crippen molar-refractivity contribution >= 4 is 11.9 Å². The summed E-state index contributed by atoms with van der Waals surface area (Å²) in [4.78, 5) is 27.8. The van der Waals surface area contributed by atoms with Crippen LogP contribution in [0.3, 0.4) is 0 Å². The van der Waals surface area contributed by atoms with Gasteiger partial charge in [0.2, 0.25) is 0 Å². The highest BCUT2D eigenvalue weighted by Crippen LogP contribution is 2.28. The molecule has 0 aromatic heterocycles. The van der Waals surface area contributed by atoms with Crippen molar-refractivity contribution in [1.82, 2.24) is 10.2 Å². The Hall–Kier alpha value is -2.70. The number of esters is 1. The Balaban J connectivity index is 1.43. The van der Waals surface area contributed by atoms with Crippen LogP contribution in [0, 0.1) is 0 Å². The van der Waals surface area contributed by atoms with Crippen LogP contribution >= 0.6 is 0 Å². The summed E-state index contributed by atoms with van der Waals surface area (Å²) in [5, 5.41) is 3.00. The zero-order valence-corrected chi connectivity index (χ0v) is 18.4. The topological polar surface area (TPSA) is 67.9 Å². The van der Waals surface area contributed by atoms with E-state index in [4.69, 9.17) is 9.47 Å². The van der Waals surface area contributed by atoms with Crippen molar-refractivity contribution in [3.05, 3.63) is 70.8 Å². The molecule has 2 aromatic carbocycles. The highest BCUT2D eigenvalue weighted by Gasteiger charge is 2.42. The van der Waals surface area contributed by atoms with Crippen molar-refractivity contribution in [2.24, 2.45) is 0 Å². The van der Waals surface area contributed by atoms with Crippen molar-refractivity contribution in [3.63, 3.8) is 0 Å². The van der Waals surface area contributed by atoms with Crippen LogP contribution in [0.5, 0.6) is 0 Å². The maximum absolute atomic E-state index is 13.0. The lowest BCUT2D eigenvalue weighted by molar-refractivity contribution is -0.140. The van der Waals surface area contributed by atoms with Crippen molar-refractivity contribution in [2.45, 2.75) is 58.1 Å². The Bertz CT molecular complexity index is 965. The van der Waals surface area contributed by atoms with Crippen molar-refractivity contribution in [3.8, 4) is 0 Å². The van der Waals surface area contributed by atoms with E-state index in [9.17, 15) is 9.59 Å². The third-order valence-electron chi connectivity index (χ3n) is 6.01. The molecule has 1 N–H and O–H groups in total. The van der Waals surface area contributed by atoms with Crippen LogP contribution in [-0.4, -0.2) is 47.7 Å². The fourth-order valence-corrected chi connectivity index (χ4v) is 4.56. The zero-order valence-electron chi connectivity index (χ0n) is 18.4. The second-order valence-corrected chi connectivity index (χ2v) is 8.86. The van der Waals surface area contributed by atoms with Gasteiger partial charge in [0.1, 0.15) is 0 Å². The number of hydrogen-bond acceptors (Lipinski definition) is 5. The Morgan fingerprint density at radius 3 is 2.45 bits per heavy atom. The summed E-state index contributed by atoms with van der Waals surface area (Å²) >= 11 is 0. The number of carbonyl (C=O) groups excluding carboxylic acids is 2. The molecule has 2 heterocycles. The first kappa shape index (κ1) is 21.5. The van der Waals surface area contributed by atoms with Crippen molar-refractivity contribution < 1.29 is 19.1 Å². The molecular formula is C25H30N2O4. The predicted molar refractivity (Wildman–Crippen MR) is 118 cm³/mol. The maximum Gasteiger partial charge on any atom is 0.339 e. The van der Waals surface area contributed by atoms with Gasteiger partial charge in [-0.25, -0.2) is 4.79 Å². The van der Waals surface area contributed by atoms with E-state index in [-0.39, 0.29) is 18.1 Å². The van der Waals surface area contributed by atoms with Gasteiger partial charge < -0.3 is 14.8 Å².